The van der Waals surface area contributed by atoms with Crippen LogP contribution in [0, 0.1) is 6.92 Å². The fourth-order valence-corrected chi connectivity index (χ4v) is 6.24. The molecule has 1 atom stereocenters. The van der Waals surface area contributed by atoms with Crippen molar-refractivity contribution in [3.8, 4) is 0 Å². The minimum Gasteiger partial charge on any atom is -0.350 e. The van der Waals surface area contributed by atoms with Crippen molar-refractivity contribution in [2.45, 2.75) is 57.6 Å². The molecule has 0 fully saturated rings. The van der Waals surface area contributed by atoms with Crippen LogP contribution in [0.15, 0.2) is 76.1 Å². The number of benzene rings is 3. The van der Waals surface area contributed by atoms with Crippen LogP contribution in [0.1, 0.15) is 38.8 Å². The van der Waals surface area contributed by atoms with E-state index in [4.69, 9.17) is 23.2 Å². The van der Waals surface area contributed by atoms with Crippen molar-refractivity contribution in [3.63, 3.8) is 0 Å². The molecule has 0 aliphatic rings. The summed E-state index contributed by atoms with van der Waals surface area (Å²) in [5.41, 5.74) is 1.15. The molecular formula is C29H32BrCl2N3O4S. The zero-order valence-corrected chi connectivity index (χ0v) is 26.8. The van der Waals surface area contributed by atoms with E-state index in [1.165, 1.54) is 29.2 Å². The lowest BCUT2D eigenvalue weighted by Crippen LogP contribution is -2.54. The van der Waals surface area contributed by atoms with Crippen molar-refractivity contribution in [2.75, 3.05) is 10.8 Å². The number of anilines is 1. The lowest BCUT2D eigenvalue weighted by atomic mass is 10.1. The molecule has 0 aliphatic heterocycles. The molecule has 0 aliphatic carbocycles. The minimum atomic E-state index is -4.26. The Balaban J connectivity index is 2.08. The van der Waals surface area contributed by atoms with Gasteiger partial charge in [0.15, 0.2) is 0 Å². The number of sulfonamides is 1. The largest absolute Gasteiger partial charge is 0.350 e. The van der Waals surface area contributed by atoms with Crippen LogP contribution in [0.25, 0.3) is 0 Å². The summed E-state index contributed by atoms with van der Waals surface area (Å²) in [5.74, 6) is -0.965. The van der Waals surface area contributed by atoms with Crippen LogP contribution < -0.4 is 9.62 Å². The molecule has 0 aromatic heterocycles. The summed E-state index contributed by atoms with van der Waals surface area (Å²) in [5, 5.41) is 3.03. The first-order valence-corrected chi connectivity index (χ1v) is 15.5. The molecule has 11 heteroatoms. The van der Waals surface area contributed by atoms with Gasteiger partial charge in [0.05, 0.1) is 20.6 Å². The average Bonchev–Trinajstić information content (AvgIpc) is 2.86. The van der Waals surface area contributed by atoms with Gasteiger partial charge in [-0.05, 0) is 76.6 Å². The van der Waals surface area contributed by atoms with E-state index >= 15 is 0 Å². The third-order valence-corrected chi connectivity index (χ3v) is 9.07. The maximum atomic E-state index is 14.0. The van der Waals surface area contributed by atoms with Gasteiger partial charge in [-0.1, -0.05) is 75.0 Å². The minimum absolute atomic E-state index is 0.00952. The highest BCUT2D eigenvalue weighted by Gasteiger charge is 2.34. The van der Waals surface area contributed by atoms with Crippen molar-refractivity contribution in [1.29, 1.82) is 0 Å². The van der Waals surface area contributed by atoms with Gasteiger partial charge in [0.2, 0.25) is 11.8 Å². The normalized spacial score (nSPS) is 12.5. The molecule has 3 aromatic carbocycles. The van der Waals surface area contributed by atoms with Gasteiger partial charge in [-0.15, -0.1) is 0 Å². The molecule has 0 heterocycles. The Labute approximate surface area is 254 Å². The van der Waals surface area contributed by atoms with Gasteiger partial charge in [-0.25, -0.2) is 8.42 Å². The van der Waals surface area contributed by atoms with Gasteiger partial charge in [0.25, 0.3) is 10.0 Å². The first-order chi connectivity index (χ1) is 18.6. The number of carbonyl (C=O) groups excluding carboxylic acids is 2. The molecule has 0 saturated heterocycles. The van der Waals surface area contributed by atoms with Crippen LogP contribution in [0.3, 0.4) is 0 Å². The number of halogens is 3. The smallest absolute Gasteiger partial charge is 0.264 e. The van der Waals surface area contributed by atoms with E-state index in [-0.39, 0.29) is 33.1 Å². The van der Waals surface area contributed by atoms with Crippen LogP contribution in [0.4, 0.5) is 5.69 Å². The molecule has 3 rings (SSSR count). The highest BCUT2D eigenvalue weighted by Crippen LogP contribution is 2.35. The number of aryl methyl sites for hydroxylation is 1. The van der Waals surface area contributed by atoms with Crippen molar-refractivity contribution in [3.05, 3.63) is 92.4 Å². The number of nitrogens with one attached hydrogen (secondary N) is 1. The summed E-state index contributed by atoms with van der Waals surface area (Å²) in [7, 11) is -4.26. The first kappa shape index (κ1) is 31.9. The number of hydrogen-bond donors (Lipinski definition) is 1. The number of hydrogen-bond acceptors (Lipinski definition) is 4. The standard InChI is InChI=1S/C29H32BrCl2N3O4S/c1-19-12-14-23(15-13-19)40(38,39)35(25-11-7-10-24(31)27(25)32)18-26(36)34(17-21-8-6-9-22(30)16-21)20(2)28(37)33-29(3,4)5/h6-16,20H,17-18H2,1-5H3,(H,33,37). The van der Waals surface area contributed by atoms with E-state index in [1.54, 1.807) is 25.1 Å². The summed E-state index contributed by atoms with van der Waals surface area (Å²) in [6.45, 7) is 8.44. The molecule has 214 valence electrons. The molecule has 2 amide bonds. The summed E-state index contributed by atoms with van der Waals surface area (Å²) in [4.78, 5) is 28.5. The molecule has 0 bridgehead atoms. The summed E-state index contributed by atoms with van der Waals surface area (Å²) < 4.78 is 29.6. The van der Waals surface area contributed by atoms with E-state index in [1.807, 2.05) is 52.0 Å². The van der Waals surface area contributed by atoms with E-state index in [0.717, 1.165) is 19.9 Å². The summed E-state index contributed by atoms with van der Waals surface area (Å²) >= 11 is 16.2. The van der Waals surface area contributed by atoms with Crippen LogP contribution in [-0.4, -0.2) is 43.3 Å². The van der Waals surface area contributed by atoms with Crippen molar-refractivity contribution in [1.82, 2.24) is 10.2 Å². The van der Waals surface area contributed by atoms with Gasteiger partial charge < -0.3 is 10.2 Å². The van der Waals surface area contributed by atoms with Gasteiger partial charge in [-0.2, -0.15) is 0 Å². The van der Waals surface area contributed by atoms with Crippen LogP contribution in [0.5, 0.6) is 0 Å². The highest BCUT2D eigenvalue weighted by atomic mass is 79.9. The zero-order chi connectivity index (χ0) is 29.8. The van der Waals surface area contributed by atoms with E-state index in [2.05, 4.69) is 21.2 Å². The van der Waals surface area contributed by atoms with Crippen LogP contribution in [-0.2, 0) is 26.2 Å². The third-order valence-electron chi connectivity index (χ3n) is 6.00. The molecule has 1 unspecified atom stereocenters. The SMILES string of the molecule is Cc1ccc(S(=O)(=O)N(CC(=O)N(Cc2cccc(Br)c2)C(C)C(=O)NC(C)(C)C)c2cccc(Cl)c2Cl)cc1. The Kier molecular flexibility index (Phi) is 10.3. The fourth-order valence-electron chi connectivity index (χ4n) is 3.92. The summed E-state index contributed by atoms with van der Waals surface area (Å²) in [6, 6.07) is 17.3. The molecule has 0 saturated carbocycles. The average molecular weight is 669 g/mol. The maximum absolute atomic E-state index is 14.0. The molecule has 0 spiro atoms. The quantitative estimate of drug-likeness (QED) is 0.279. The molecule has 40 heavy (non-hydrogen) atoms. The lowest BCUT2D eigenvalue weighted by molar-refractivity contribution is -0.140. The molecule has 0 radical (unpaired) electrons. The predicted octanol–water partition coefficient (Wildman–Crippen LogP) is 6.59. The second kappa shape index (κ2) is 12.9. The lowest BCUT2D eigenvalue weighted by Gasteiger charge is -2.33. The zero-order valence-electron chi connectivity index (χ0n) is 22.9. The number of carbonyl (C=O) groups is 2. The van der Waals surface area contributed by atoms with E-state index in [9.17, 15) is 18.0 Å². The number of nitrogens with zero attached hydrogens (tertiary/aromatic N) is 2. The molecule has 3 aromatic rings. The van der Waals surface area contributed by atoms with Crippen molar-refractivity contribution < 1.29 is 18.0 Å². The van der Waals surface area contributed by atoms with E-state index < -0.39 is 34.1 Å². The third kappa shape index (κ3) is 8.00. The van der Waals surface area contributed by atoms with Crippen LogP contribution >= 0.6 is 39.1 Å². The van der Waals surface area contributed by atoms with Gasteiger partial charge >= 0.3 is 0 Å². The Morgan fingerprint density at radius 1 is 1.00 bits per heavy atom. The van der Waals surface area contributed by atoms with Gasteiger partial charge in [-0.3, -0.25) is 13.9 Å². The Bertz CT molecular complexity index is 1490. The van der Waals surface area contributed by atoms with Gasteiger partial charge in [0.1, 0.15) is 12.6 Å². The monoisotopic (exact) mass is 667 g/mol. The van der Waals surface area contributed by atoms with E-state index in [0.29, 0.717) is 0 Å². The fraction of sp³-hybridized carbons (Fsp3) is 0.310. The summed E-state index contributed by atoms with van der Waals surface area (Å²) in [6.07, 6.45) is 0. The predicted molar refractivity (Wildman–Crippen MR) is 164 cm³/mol. The topological polar surface area (TPSA) is 86.8 Å². The second-order valence-corrected chi connectivity index (χ2v) is 14.0. The van der Waals surface area contributed by atoms with Crippen LogP contribution in [0.2, 0.25) is 10.0 Å². The number of rotatable bonds is 9. The number of amides is 2. The Morgan fingerprint density at radius 2 is 1.62 bits per heavy atom. The van der Waals surface area contributed by atoms with Crippen molar-refractivity contribution in [2.24, 2.45) is 0 Å². The Hall–Kier alpha value is -2.59. The molecular weight excluding hydrogens is 637 g/mol. The molecule has 1 N–H and O–H groups in total. The first-order valence-electron chi connectivity index (χ1n) is 12.5. The second-order valence-electron chi connectivity index (χ2n) is 10.5. The Morgan fingerprint density at radius 3 is 2.23 bits per heavy atom. The highest BCUT2D eigenvalue weighted by molar-refractivity contribution is 9.10. The molecule has 7 nitrogen and oxygen atoms in total. The van der Waals surface area contributed by atoms with Crippen molar-refractivity contribution >= 4 is 66.7 Å². The maximum Gasteiger partial charge on any atom is 0.264 e. The van der Waals surface area contributed by atoms with Gasteiger partial charge in [0, 0.05) is 16.6 Å².